The highest BCUT2D eigenvalue weighted by Crippen LogP contribution is 2.43. The van der Waals surface area contributed by atoms with Crippen LogP contribution in [0, 0.1) is 0 Å². The van der Waals surface area contributed by atoms with Gasteiger partial charge in [-0.15, -0.1) is 0 Å². The Bertz CT molecular complexity index is 660. The summed E-state index contributed by atoms with van der Waals surface area (Å²) in [6, 6.07) is 16.1. The molecule has 2 unspecified atom stereocenters. The Labute approximate surface area is 131 Å². The van der Waals surface area contributed by atoms with Crippen LogP contribution < -0.4 is 10.1 Å². The van der Waals surface area contributed by atoms with E-state index in [9.17, 15) is 5.11 Å². The molecule has 0 aromatic heterocycles. The van der Waals surface area contributed by atoms with Crippen LogP contribution >= 0.6 is 0 Å². The van der Waals surface area contributed by atoms with Gasteiger partial charge >= 0.3 is 0 Å². The number of para-hydroxylation sites is 1. The van der Waals surface area contributed by atoms with Gasteiger partial charge in [0, 0.05) is 23.2 Å². The lowest BCUT2D eigenvalue weighted by Crippen LogP contribution is -2.43. The number of ether oxygens (including phenoxy) is 1. The highest BCUT2D eigenvalue weighted by Gasteiger charge is 2.31. The van der Waals surface area contributed by atoms with Gasteiger partial charge < -0.3 is 15.2 Å². The van der Waals surface area contributed by atoms with E-state index in [0.29, 0.717) is 6.54 Å². The molecule has 2 aromatic rings. The Balaban J connectivity index is 1.91. The summed E-state index contributed by atoms with van der Waals surface area (Å²) in [5.41, 5.74) is 3.24. The maximum Gasteiger partial charge on any atom is 0.151 e. The molecule has 0 fully saturated rings. The Kier molecular flexibility index (Phi) is 3.94. The molecule has 1 heterocycles. The summed E-state index contributed by atoms with van der Waals surface area (Å²) in [6.07, 6.45) is -0.949. The van der Waals surface area contributed by atoms with Gasteiger partial charge in [0.05, 0.1) is 0 Å². The second kappa shape index (κ2) is 5.75. The highest BCUT2D eigenvalue weighted by atomic mass is 16.5. The minimum atomic E-state index is -0.603. The van der Waals surface area contributed by atoms with Crippen molar-refractivity contribution in [1.29, 1.82) is 0 Å². The van der Waals surface area contributed by atoms with E-state index in [1.807, 2.05) is 36.4 Å². The van der Waals surface area contributed by atoms with Crippen molar-refractivity contribution in [2.45, 2.75) is 38.5 Å². The number of rotatable bonds is 3. The number of aliphatic hydroxyl groups excluding tert-OH is 1. The summed E-state index contributed by atoms with van der Waals surface area (Å²) in [5, 5.41) is 14.0. The molecule has 3 heteroatoms. The molecule has 116 valence electrons. The van der Waals surface area contributed by atoms with Crippen molar-refractivity contribution in [2.24, 2.45) is 0 Å². The first-order chi connectivity index (χ1) is 10.5. The molecular formula is C19H23NO2. The predicted octanol–water partition coefficient (Wildman–Crippen LogP) is 3.54. The number of nitrogens with one attached hydrogen (secondary N) is 1. The molecule has 3 rings (SSSR count). The molecule has 0 radical (unpaired) electrons. The fourth-order valence-electron chi connectivity index (χ4n) is 2.79. The Morgan fingerprint density at radius 2 is 1.68 bits per heavy atom. The SMILES string of the molecule is CC(C)(C)NCC(O)C1Oc2ccccc2-c2ccccc21. The van der Waals surface area contributed by atoms with E-state index in [0.717, 1.165) is 22.4 Å². The predicted molar refractivity (Wildman–Crippen MR) is 89.0 cm³/mol. The smallest absolute Gasteiger partial charge is 0.151 e. The molecule has 3 nitrogen and oxygen atoms in total. The molecule has 22 heavy (non-hydrogen) atoms. The van der Waals surface area contributed by atoms with Crippen LogP contribution in [0.15, 0.2) is 48.5 Å². The number of fused-ring (bicyclic) bond motifs is 3. The topological polar surface area (TPSA) is 41.5 Å². The van der Waals surface area contributed by atoms with Gasteiger partial charge in [-0.3, -0.25) is 0 Å². The van der Waals surface area contributed by atoms with Crippen molar-refractivity contribution in [2.75, 3.05) is 6.54 Å². The van der Waals surface area contributed by atoms with Crippen LogP contribution in [0.1, 0.15) is 32.4 Å². The molecule has 2 N–H and O–H groups in total. The summed E-state index contributed by atoms with van der Waals surface area (Å²) < 4.78 is 6.10. The first kappa shape index (κ1) is 15.1. The third-order valence-electron chi connectivity index (χ3n) is 3.89. The zero-order chi connectivity index (χ0) is 15.7. The normalized spacial score (nSPS) is 18.1. The van der Waals surface area contributed by atoms with Crippen molar-refractivity contribution >= 4 is 0 Å². The number of aliphatic hydroxyl groups is 1. The number of hydrogen-bond donors (Lipinski definition) is 2. The largest absolute Gasteiger partial charge is 0.482 e. The van der Waals surface area contributed by atoms with E-state index in [1.165, 1.54) is 0 Å². The van der Waals surface area contributed by atoms with Gasteiger partial charge in [-0.2, -0.15) is 0 Å². The van der Waals surface area contributed by atoms with Crippen molar-refractivity contribution in [3.8, 4) is 16.9 Å². The second-order valence-corrected chi connectivity index (χ2v) is 6.82. The van der Waals surface area contributed by atoms with E-state index in [4.69, 9.17) is 4.74 Å². The van der Waals surface area contributed by atoms with E-state index < -0.39 is 6.10 Å². The molecule has 1 aliphatic rings. The van der Waals surface area contributed by atoms with Gasteiger partial charge in [-0.1, -0.05) is 42.5 Å². The molecule has 2 atom stereocenters. The van der Waals surface area contributed by atoms with Crippen molar-refractivity contribution in [3.05, 3.63) is 54.1 Å². The summed E-state index contributed by atoms with van der Waals surface area (Å²) in [7, 11) is 0. The maximum absolute atomic E-state index is 10.6. The number of β-amino-alcohol motifs (C(OH)–C–C–N with tert-alkyl or cyclic N) is 1. The van der Waals surface area contributed by atoms with E-state index in [2.05, 4.69) is 38.2 Å². The molecule has 0 bridgehead atoms. The van der Waals surface area contributed by atoms with Crippen LogP contribution in [0.2, 0.25) is 0 Å². The lowest BCUT2D eigenvalue weighted by atomic mass is 9.90. The molecule has 0 saturated carbocycles. The molecular weight excluding hydrogens is 274 g/mol. The minimum absolute atomic E-state index is 0.0347. The lowest BCUT2D eigenvalue weighted by molar-refractivity contribution is 0.0305. The summed E-state index contributed by atoms with van der Waals surface area (Å²) in [4.78, 5) is 0. The fraction of sp³-hybridized carbons (Fsp3) is 0.368. The fourth-order valence-corrected chi connectivity index (χ4v) is 2.79. The van der Waals surface area contributed by atoms with Crippen molar-refractivity contribution < 1.29 is 9.84 Å². The van der Waals surface area contributed by atoms with Crippen LogP contribution in [0.5, 0.6) is 5.75 Å². The third-order valence-corrected chi connectivity index (χ3v) is 3.89. The quantitative estimate of drug-likeness (QED) is 0.910. The summed E-state index contributed by atoms with van der Waals surface area (Å²) in [5.74, 6) is 0.834. The van der Waals surface area contributed by atoms with Crippen molar-refractivity contribution in [3.63, 3.8) is 0 Å². The molecule has 1 aliphatic heterocycles. The summed E-state index contributed by atoms with van der Waals surface area (Å²) >= 11 is 0. The van der Waals surface area contributed by atoms with Crippen LogP contribution in [-0.2, 0) is 0 Å². The standard InChI is InChI=1S/C19H23NO2/c1-19(2,3)20-12-16(21)18-15-10-5-4-8-13(15)14-9-6-7-11-17(14)22-18/h4-11,16,18,20-21H,12H2,1-3H3. The van der Waals surface area contributed by atoms with E-state index >= 15 is 0 Å². The lowest BCUT2D eigenvalue weighted by Gasteiger charge is -2.33. The maximum atomic E-state index is 10.6. The average Bonchev–Trinajstić information content (AvgIpc) is 2.51. The first-order valence-electron chi connectivity index (χ1n) is 7.74. The summed E-state index contributed by atoms with van der Waals surface area (Å²) in [6.45, 7) is 6.75. The van der Waals surface area contributed by atoms with Gasteiger partial charge in [0.2, 0.25) is 0 Å². The molecule has 0 spiro atoms. The van der Waals surface area contributed by atoms with E-state index in [-0.39, 0.29) is 11.6 Å². The third kappa shape index (κ3) is 3.01. The second-order valence-electron chi connectivity index (χ2n) is 6.82. The number of benzene rings is 2. The highest BCUT2D eigenvalue weighted by molar-refractivity contribution is 5.75. The van der Waals surface area contributed by atoms with Crippen LogP contribution in [-0.4, -0.2) is 23.3 Å². The molecule has 0 saturated heterocycles. The van der Waals surface area contributed by atoms with Gasteiger partial charge in [0.1, 0.15) is 11.9 Å². The Morgan fingerprint density at radius 3 is 2.41 bits per heavy atom. The van der Waals surface area contributed by atoms with Crippen LogP contribution in [0.4, 0.5) is 0 Å². The Morgan fingerprint density at radius 1 is 1.05 bits per heavy atom. The Hall–Kier alpha value is -1.84. The average molecular weight is 297 g/mol. The molecule has 0 amide bonds. The monoisotopic (exact) mass is 297 g/mol. The zero-order valence-electron chi connectivity index (χ0n) is 13.3. The van der Waals surface area contributed by atoms with Crippen molar-refractivity contribution in [1.82, 2.24) is 5.32 Å². The van der Waals surface area contributed by atoms with Gasteiger partial charge in [0.25, 0.3) is 0 Å². The molecule has 2 aromatic carbocycles. The van der Waals surface area contributed by atoms with E-state index in [1.54, 1.807) is 0 Å². The van der Waals surface area contributed by atoms with Gasteiger partial charge in [-0.25, -0.2) is 0 Å². The van der Waals surface area contributed by atoms with Crippen LogP contribution in [0.3, 0.4) is 0 Å². The van der Waals surface area contributed by atoms with Gasteiger partial charge in [-0.05, 0) is 32.4 Å². The number of hydrogen-bond acceptors (Lipinski definition) is 3. The first-order valence-corrected chi connectivity index (χ1v) is 7.74. The van der Waals surface area contributed by atoms with Gasteiger partial charge in [0.15, 0.2) is 6.10 Å². The minimum Gasteiger partial charge on any atom is -0.482 e. The van der Waals surface area contributed by atoms with Crippen LogP contribution in [0.25, 0.3) is 11.1 Å². The molecule has 0 aliphatic carbocycles. The zero-order valence-corrected chi connectivity index (χ0v) is 13.3.